The molecule has 4 rings (SSSR count). The molecule has 3 aromatic carbocycles. The summed E-state index contributed by atoms with van der Waals surface area (Å²) in [6, 6.07) is 20.1. The van der Waals surface area contributed by atoms with E-state index in [-0.39, 0.29) is 11.9 Å². The Kier molecular flexibility index (Phi) is 5.75. The second-order valence-corrected chi connectivity index (χ2v) is 7.14. The Bertz CT molecular complexity index is 1220. The monoisotopic (exact) mass is 416 g/mol. The van der Waals surface area contributed by atoms with Crippen LogP contribution in [-0.4, -0.2) is 22.0 Å². The Morgan fingerprint density at radius 3 is 2.39 bits per heavy atom. The van der Waals surface area contributed by atoms with Crippen molar-refractivity contribution in [3.63, 3.8) is 0 Å². The molecule has 0 aliphatic carbocycles. The van der Waals surface area contributed by atoms with Gasteiger partial charge in [-0.05, 0) is 54.4 Å². The molecule has 2 amide bonds. The first-order valence-electron chi connectivity index (χ1n) is 9.96. The fraction of sp³-hybridized carbons (Fsp3) is 0.125. The standard InChI is InChI=1S/C24H21FN4O2/c1-2-20(15-6-4-3-5-7-15)26-24(31)17-10-13-21-19(14-17)22(29-28-21)27-23(30)16-8-11-18(25)12-9-16/h3-14,20H,2H2,1H3,(H,26,31)(H2,27,28,29,30). The number of aromatic amines is 1. The molecule has 7 heteroatoms. The summed E-state index contributed by atoms with van der Waals surface area (Å²) in [5.41, 5.74) is 2.48. The van der Waals surface area contributed by atoms with Crippen LogP contribution in [0.25, 0.3) is 10.9 Å². The average molecular weight is 416 g/mol. The van der Waals surface area contributed by atoms with Crippen LogP contribution in [-0.2, 0) is 0 Å². The maximum Gasteiger partial charge on any atom is 0.256 e. The molecule has 0 spiro atoms. The minimum Gasteiger partial charge on any atom is -0.345 e. The third kappa shape index (κ3) is 4.45. The summed E-state index contributed by atoms with van der Waals surface area (Å²) in [7, 11) is 0. The SMILES string of the molecule is CCC(NC(=O)c1ccc2[nH]nc(NC(=O)c3ccc(F)cc3)c2c1)c1ccccc1. The van der Waals surface area contributed by atoms with Crippen LogP contribution < -0.4 is 10.6 Å². The van der Waals surface area contributed by atoms with Crippen molar-refractivity contribution in [3.05, 3.63) is 95.3 Å². The van der Waals surface area contributed by atoms with Gasteiger partial charge in [0.25, 0.3) is 11.8 Å². The largest absolute Gasteiger partial charge is 0.345 e. The van der Waals surface area contributed by atoms with E-state index in [1.807, 2.05) is 37.3 Å². The number of amides is 2. The van der Waals surface area contributed by atoms with Gasteiger partial charge in [0.15, 0.2) is 5.82 Å². The molecule has 0 bridgehead atoms. The van der Waals surface area contributed by atoms with Crippen molar-refractivity contribution in [1.82, 2.24) is 15.5 Å². The average Bonchev–Trinajstić information content (AvgIpc) is 3.20. The lowest BCUT2D eigenvalue weighted by atomic mass is 10.0. The zero-order chi connectivity index (χ0) is 21.8. The molecular weight excluding hydrogens is 395 g/mol. The second kappa shape index (κ2) is 8.79. The lowest BCUT2D eigenvalue weighted by Crippen LogP contribution is -2.28. The van der Waals surface area contributed by atoms with E-state index in [1.54, 1.807) is 18.2 Å². The third-order valence-corrected chi connectivity index (χ3v) is 5.08. The molecule has 0 aliphatic heterocycles. The Morgan fingerprint density at radius 1 is 0.968 bits per heavy atom. The number of carbonyl (C=O) groups excluding carboxylic acids is 2. The fourth-order valence-corrected chi connectivity index (χ4v) is 3.38. The normalized spacial score (nSPS) is 11.8. The molecule has 31 heavy (non-hydrogen) atoms. The fourth-order valence-electron chi connectivity index (χ4n) is 3.38. The summed E-state index contributed by atoms with van der Waals surface area (Å²) in [5, 5.41) is 13.4. The number of fused-ring (bicyclic) bond motifs is 1. The van der Waals surface area contributed by atoms with E-state index in [4.69, 9.17) is 0 Å². The molecule has 0 radical (unpaired) electrons. The molecule has 0 saturated heterocycles. The number of carbonyl (C=O) groups is 2. The Hall–Kier alpha value is -4.00. The Morgan fingerprint density at radius 2 is 1.68 bits per heavy atom. The van der Waals surface area contributed by atoms with Crippen LogP contribution in [0.15, 0.2) is 72.8 Å². The molecule has 6 nitrogen and oxygen atoms in total. The highest BCUT2D eigenvalue weighted by atomic mass is 19.1. The van der Waals surface area contributed by atoms with Gasteiger partial charge in [0.05, 0.1) is 11.6 Å². The van der Waals surface area contributed by atoms with Crippen LogP contribution in [0.1, 0.15) is 45.7 Å². The number of benzene rings is 3. The third-order valence-electron chi connectivity index (χ3n) is 5.08. The van der Waals surface area contributed by atoms with Crippen LogP contribution in [0.3, 0.4) is 0 Å². The quantitative estimate of drug-likeness (QED) is 0.421. The van der Waals surface area contributed by atoms with Crippen LogP contribution in [0.4, 0.5) is 10.2 Å². The van der Waals surface area contributed by atoms with Crippen LogP contribution in [0, 0.1) is 5.82 Å². The summed E-state index contributed by atoms with van der Waals surface area (Å²) in [6.07, 6.45) is 0.753. The van der Waals surface area contributed by atoms with Crippen LogP contribution in [0.2, 0.25) is 0 Å². The summed E-state index contributed by atoms with van der Waals surface area (Å²) in [4.78, 5) is 25.3. The molecule has 1 atom stereocenters. The number of hydrogen-bond donors (Lipinski definition) is 3. The van der Waals surface area contributed by atoms with Gasteiger partial charge in [0.1, 0.15) is 5.82 Å². The molecule has 1 aromatic heterocycles. The Labute approximate surface area is 178 Å². The highest BCUT2D eigenvalue weighted by Crippen LogP contribution is 2.23. The lowest BCUT2D eigenvalue weighted by molar-refractivity contribution is 0.0935. The highest BCUT2D eigenvalue weighted by molar-refractivity contribution is 6.09. The van der Waals surface area contributed by atoms with E-state index in [1.165, 1.54) is 24.3 Å². The van der Waals surface area contributed by atoms with Gasteiger partial charge in [-0.1, -0.05) is 37.3 Å². The number of anilines is 1. The number of nitrogens with one attached hydrogen (secondary N) is 3. The molecule has 0 aliphatic rings. The molecule has 0 fully saturated rings. The maximum atomic E-state index is 13.1. The number of nitrogens with zero attached hydrogens (tertiary/aromatic N) is 1. The van der Waals surface area contributed by atoms with Gasteiger partial charge in [-0.3, -0.25) is 14.7 Å². The summed E-state index contributed by atoms with van der Waals surface area (Å²) in [6.45, 7) is 2.01. The summed E-state index contributed by atoms with van der Waals surface area (Å²) < 4.78 is 13.1. The first kappa shape index (κ1) is 20.3. The van der Waals surface area contributed by atoms with Crippen LogP contribution >= 0.6 is 0 Å². The number of H-pyrrole nitrogens is 1. The van der Waals surface area contributed by atoms with Crippen molar-refractivity contribution >= 4 is 28.5 Å². The van der Waals surface area contributed by atoms with E-state index in [9.17, 15) is 14.0 Å². The van der Waals surface area contributed by atoms with E-state index in [0.29, 0.717) is 27.8 Å². The number of rotatable bonds is 6. The van der Waals surface area contributed by atoms with Crippen molar-refractivity contribution in [1.29, 1.82) is 0 Å². The van der Waals surface area contributed by atoms with Crippen molar-refractivity contribution < 1.29 is 14.0 Å². The number of halogens is 1. The smallest absolute Gasteiger partial charge is 0.256 e. The second-order valence-electron chi connectivity index (χ2n) is 7.14. The maximum absolute atomic E-state index is 13.1. The molecule has 156 valence electrons. The molecular formula is C24H21FN4O2. The molecule has 1 unspecified atom stereocenters. The van der Waals surface area contributed by atoms with E-state index in [2.05, 4.69) is 20.8 Å². The van der Waals surface area contributed by atoms with Gasteiger partial charge in [-0.2, -0.15) is 5.10 Å². The zero-order valence-electron chi connectivity index (χ0n) is 16.9. The molecule has 1 heterocycles. The minimum absolute atomic E-state index is 0.105. The first-order valence-corrected chi connectivity index (χ1v) is 9.96. The van der Waals surface area contributed by atoms with Gasteiger partial charge in [-0.25, -0.2) is 4.39 Å². The van der Waals surface area contributed by atoms with E-state index in [0.717, 1.165) is 12.0 Å². The topological polar surface area (TPSA) is 86.9 Å². The Balaban J connectivity index is 1.55. The highest BCUT2D eigenvalue weighted by Gasteiger charge is 2.17. The van der Waals surface area contributed by atoms with Gasteiger partial charge < -0.3 is 10.6 Å². The van der Waals surface area contributed by atoms with Crippen molar-refractivity contribution in [2.75, 3.05) is 5.32 Å². The molecule has 0 saturated carbocycles. The van der Waals surface area contributed by atoms with Crippen LogP contribution in [0.5, 0.6) is 0 Å². The van der Waals surface area contributed by atoms with Crippen molar-refractivity contribution in [3.8, 4) is 0 Å². The van der Waals surface area contributed by atoms with Gasteiger partial charge in [0, 0.05) is 16.5 Å². The summed E-state index contributed by atoms with van der Waals surface area (Å²) in [5.74, 6) is -0.750. The number of aromatic nitrogens is 2. The van der Waals surface area contributed by atoms with E-state index >= 15 is 0 Å². The van der Waals surface area contributed by atoms with Crippen molar-refractivity contribution in [2.45, 2.75) is 19.4 Å². The first-order chi connectivity index (χ1) is 15.0. The summed E-state index contributed by atoms with van der Waals surface area (Å²) >= 11 is 0. The van der Waals surface area contributed by atoms with Crippen molar-refractivity contribution in [2.24, 2.45) is 0 Å². The molecule has 4 aromatic rings. The van der Waals surface area contributed by atoms with Gasteiger partial charge in [0.2, 0.25) is 0 Å². The van der Waals surface area contributed by atoms with Gasteiger partial charge >= 0.3 is 0 Å². The number of hydrogen-bond acceptors (Lipinski definition) is 3. The minimum atomic E-state index is -0.418. The predicted octanol–water partition coefficient (Wildman–Crippen LogP) is 4.84. The predicted molar refractivity (Wildman–Crippen MR) is 117 cm³/mol. The molecule has 3 N–H and O–H groups in total. The van der Waals surface area contributed by atoms with Gasteiger partial charge in [-0.15, -0.1) is 0 Å². The lowest BCUT2D eigenvalue weighted by Gasteiger charge is -2.17. The zero-order valence-corrected chi connectivity index (χ0v) is 16.9. The van der Waals surface area contributed by atoms with E-state index < -0.39 is 11.7 Å².